The average Bonchev–Trinajstić information content (AvgIpc) is 3.09. The topological polar surface area (TPSA) is 55.3 Å². The van der Waals surface area contributed by atoms with Crippen LogP contribution in [0.15, 0.2) is 18.3 Å². The molecule has 1 fully saturated rings. The molecule has 1 saturated carbocycles. The Balaban J connectivity index is 1.87. The summed E-state index contributed by atoms with van der Waals surface area (Å²) in [5.74, 6) is 0.630. The summed E-state index contributed by atoms with van der Waals surface area (Å²) in [4.78, 5) is 11.9. The van der Waals surface area contributed by atoms with Gasteiger partial charge >= 0.3 is 6.09 Å². The van der Waals surface area contributed by atoms with Crippen molar-refractivity contribution < 1.29 is 9.53 Å². The molecule has 23 heavy (non-hydrogen) atoms. The van der Waals surface area contributed by atoms with Crippen LogP contribution in [0.1, 0.15) is 52.1 Å². The van der Waals surface area contributed by atoms with E-state index in [0.717, 1.165) is 6.54 Å². The van der Waals surface area contributed by atoms with Crippen LogP contribution in [0, 0.1) is 5.92 Å². The van der Waals surface area contributed by atoms with Crippen molar-refractivity contribution >= 4 is 6.09 Å². The smallest absolute Gasteiger partial charge is 0.407 e. The van der Waals surface area contributed by atoms with E-state index < -0.39 is 5.60 Å². The quantitative estimate of drug-likeness (QED) is 0.846. The van der Waals surface area contributed by atoms with Crippen molar-refractivity contribution in [3.63, 3.8) is 0 Å². The van der Waals surface area contributed by atoms with Crippen molar-refractivity contribution in [1.82, 2.24) is 15.2 Å². The van der Waals surface area contributed by atoms with E-state index in [2.05, 4.69) is 40.6 Å². The Morgan fingerprint density at radius 1 is 1.39 bits per heavy atom. The number of carbonyl (C=O) groups is 1. The largest absolute Gasteiger partial charge is 0.444 e. The SMILES string of the molecule is Cn1cccc1CNC(CNC(=O)OC(C)(C)C)C1CCCC1. The van der Waals surface area contributed by atoms with E-state index >= 15 is 0 Å². The molecule has 1 heterocycles. The Labute approximate surface area is 139 Å². The molecule has 0 radical (unpaired) electrons. The lowest BCUT2D eigenvalue weighted by Gasteiger charge is -2.26. The Bertz CT molecular complexity index is 499. The van der Waals surface area contributed by atoms with Crippen molar-refractivity contribution in [3.05, 3.63) is 24.0 Å². The van der Waals surface area contributed by atoms with Gasteiger partial charge in [-0.2, -0.15) is 0 Å². The standard InChI is InChI=1S/C18H31N3O2/c1-18(2,3)23-17(22)20-13-16(14-8-5-6-9-14)19-12-15-10-7-11-21(15)4/h7,10-11,14,16,19H,5-6,8-9,12-13H2,1-4H3,(H,20,22). The molecule has 1 aromatic heterocycles. The maximum absolute atomic E-state index is 11.9. The second-order valence-corrected chi connectivity index (χ2v) is 7.53. The number of aryl methyl sites for hydroxylation is 1. The molecular weight excluding hydrogens is 290 g/mol. The first-order valence-electron chi connectivity index (χ1n) is 8.65. The number of carbonyl (C=O) groups excluding carboxylic acids is 1. The zero-order chi connectivity index (χ0) is 16.9. The minimum atomic E-state index is -0.455. The van der Waals surface area contributed by atoms with E-state index in [4.69, 9.17) is 4.74 Å². The van der Waals surface area contributed by atoms with Gasteiger partial charge in [-0.05, 0) is 51.7 Å². The summed E-state index contributed by atoms with van der Waals surface area (Å²) < 4.78 is 7.46. The van der Waals surface area contributed by atoms with Gasteiger partial charge in [0.25, 0.3) is 0 Å². The highest BCUT2D eigenvalue weighted by Gasteiger charge is 2.26. The Kier molecular flexibility index (Phi) is 6.10. The number of amides is 1. The molecule has 1 atom stereocenters. The zero-order valence-electron chi connectivity index (χ0n) is 14.9. The minimum Gasteiger partial charge on any atom is -0.444 e. The van der Waals surface area contributed by atoms with Crippen LogP contribution in [0.25, 0.3) is 0 Å². The summed E-state index contributed by atoms with van der Waals surface area (Å²) in [6.07, 6.45) is 6.78. The molecule has 1 amide bonds. The average molecular weight is 321 g/mol. The summed E-state index contributed by atoms with van der Waals surface area (Å²) in [5, 5.41) is 6.56. The van der Waals surface area contributed by atoms with Crippen LogP contribution in [0.4, 0.5) is 4.79 Å². The molecule has 130 valence electrons. The van der Waals surface area contributed by atoms with Crippen LogP contribution in [-0.2, 0) is 18.3 Å². The van der Waals surface area contributed by atoms with Crippen molar-refractivity contribution in [1.29, 1.82) is 0 Å². The molecule has 1 unspecified atom stereocenters. The van der Waals surface area contributed by atoms with Gasteiger partial charge < -0.3 is 19.9 Å². The lowest BCUT2D eigenvalue weighted by molar-refractivity contribution is 0.0518. The maximum Gasteiger partial charge on any atom is 0.407 e. The molecular formula is C18H31N3O2. The van der Waals surface area contributed by atoms with Crippen molar-refractivity contribution in [2.45, 2.75) is 64.6 Å². The fourth-order valence-corrected chi connectivity index (χ4v) is 3.19. The number of rotatable bonds is 6. The van der Waals surface area contributed by atoms with Crippen molar-refractivity contribution in [2.24, 2.45) is 13.0 Å². The van der Waals surface area contributed by atoms with Gasteiger partial charge in [0.2, 0.25) is 0 Å². The second kappa shape index (κ2) is 7.86. The second-order valence-electron chi connectivity index (χ2n) is 7.53. The third-order valence-corrected chi connectivity index (χ3v) is 4.43. The molecule has 0 aromatic carbocycles. The van der Waals surface area contributed by atoms with E-state index in [-0.39, 0.29) is 6.09 Å². The van der Waals surface area contributed by atoms with E-state index in [9.17, 15) is 4.79 Å². The third kappa shape index (κ3) is 5.90. The molecule has 5 nitrogen and oxygen atoms in total. The summed E-state index contributed by atoms with van der Waals surface area (Å²) in [6.45, 7) is 7.09. The molecule has 1 aromatic rings. The van der Waals surface area contributed by atoms with Gasteiger partial charge in [-0.25, -0.2) is 4.79 Å². The Morgan fingerprint density at radius 3 is 2.65 bits per heavy atom. The van der Waals surface area contributed by atoms with Crippen LogP contribution < -0.4 is 10.6 Å². The van der Waals surface area contributed by atoms with Crippen molar-refractivity contribution in [2.75, 3.05) is 6.54 Å². The predicted molar refractivity (Wildman–Crippen MR) is 92.2 cm³/mol. The van der Waals surface area contributed by atoms with Crippen LogP contribution in [-0.4, -0.2) is 28.8 Å². The van der Waals surface area contributed by atoms with Gasteiger partial charge in [-0.3, -0.25) is 0 Å². The number of aromatic nitrogens is 1. The highest BCUT2D eigenvalue weighted by atomic mass is 16.6. The lowest BCUT2D eigenvalue weighted by Crippen LogP contribution is -2.46. The highest BCUT2D eigenvalue weighted by Crippen LogP contribution is 2.27. The van der Waals surface area contributed by atoms with Gasteiger partial charge in [0.15, 0.2) is 0 Å². The first-order valence-corrected chi connectivity index (χ1v) is 8.65. The molecule has 1 aliphatic carbocycles. The fraction of sp³-hybridized carbons (Fsp3) is 0.722. The van der Waals surface area contributed by atoms with Crippen LogP contribution in [0.3, 0.4) is 0 Å². The number of hydrogen-bond acceptors (Lipinski definition) is 3. The first kappa shape index (κ1) is 17.9. The first-order chi connectivity index (χ1) is 10.8. The number of nitrogens with one attached hydrogen (secondary N) is 2. The molecule has 0 bridgehead atoms. The molecule has 1 aliphatic rings. The number of hydrogen-bond donors (Lipinski definition) is 2. The van der Waals surface area contributed by atoms with Gasteiger partial charge in [0, 0.05) is 38.1 Å². The van der Waals surface area contributed by atoms with E-state index in [0.29, 0.717) is 18.5 Å². The molecule has 0 spiro atoms. The van der Waals surface area contributed by atoms with Gasteiger partial charge in [-0.15, -0.1) is 0 Å². The van der Waals surface area contributed by atoms with Crippen molar-refractivity contribution in [3.8, 4) is 0 Å². The number of nitrogens with zero attached hydrogens (tertiary/aromatic N) is 1. The number of alkyl carbamates (subject to hydrolysis) is 1. The molecule has 0 saturated heterocycles. The molecule has 5 heteroatoms. The molecule has 2 N–H and O–H groups in total. The summed E-state index contributed by atoms with van der Waals surface area (Å²) in [7, 11) is 2.06. The molecule has 0 aliphatic heterocycles. The lowest BCUT2D eigenvalue weighted by atomic mass is 9.98. The minimum absolute atomic E-state index is 0.292. The van der Waals surface area contributed by atoms with Crippen LogP contribution in [0.5, 0.6) is 0 Å². The normalized spacial score (nSPS) is 17.2. The molecule has 2 rings (SSSR count). The predicted octanol–water partition coefficient (Wildman–Crippen LogP) is 3.20. The van der Waals surface area contributed by atoms with E-state index in [1.54, 1.807) is 0 Å². The fourth-order valence-electron chi connectivity index (χ4n) is 3.19. The summed E-state index contributed by atoms with van der Waals surface area (Å²) >= 11 is 0. The van der Waals surface area contributed by atoms with Gasteiger partial charge in [0.05, 0.1) is 0 Å². The maximum atomic E-state index is 11.9. The summed E-state index contributed by atoms with van der Waals surface area (Å²) in [6, 6.07) is 4.47. The number of ether oxygens (including phenoxy) is 1. The Morgan fingerprint density at radius 2 is 2.09 bits per heavy atom. The van der Waals surface area contributed by atoms with E-state index in [1.165, 1.54) is 31.4 Å². The van der Waals surface area contributed by atoms with Crippen LogP contribution in [0.2, 0.25) is 0 Å². The van der Waals surface area contributed by atoms with Gasteiger partial charge in [0.1, 0.15) is 5.60 Å². The van der Waals surface area contributed by atoms with Gasteiger partial charge in [-0.1, -0.05) is 12.8 Å². The van der Waals surface area contributed by atoms with E-state index in [1.807, 2.05) is 20.8 Å². The third-order valence-electron chi connectivity index (χ3n) is 4.43. The van der Waals surface area contributed by atoms with Crippen LogP contribution >= 0.6 is 0 Å². The highest BCUT2D eigenvalue weighted by molar-refractivity contribution is 5.67. The zero-order valence-corrected chi connectivity index (χ0v) is 14.9. The summed E-state index contributed by atoms with van der Waals surface area (Å²) in [5.41, 5.74) is 0.800. The monoisotopic (exact) mass is 321 g/mol. The Hall–Kier alpha value is -1.49.